The van der Waals surface area contributed by atoms with Crippen molar-refractivity contribution in [2.75, 3.05) is 13.6 Å². The number of nitrogens with zero attached hydrogens (tertiary/aromatic N) is 1. The average Bonchev–Trinajstić information content (AvgIpc) is 2.60. The summed E-state index contributed by atoms with van der Waals surface area (Å²) in [7, 11) is 2.13. The van der Waals surface area contributed by atoms with E-state index in [1.807, 2.05) is 6.07 Å². The van der Waals surface area contributed by atoms with Gasteiger partial charge in [0.25, 0.3) is 0 Å². The largest absolute Gasteiger partial charge is 0.308 e. The second kappa shape index (κ2) is 5.46. The average molecular weight is 301 g/mol. The van der Waals surface area contributed by atoms with Gasteiger partial charge in [-0.25, -0.2) is 4.39 Å². The van der Waals surface area contributed by atoms with Crippen LogP contribution in [0.15, 0.2) is 22.7 Å². The SMILES string of the molecule is CC1CC(NCc2cc(Br)ccc2F)CN1C. The van der Waals surface area contributed by atoms with Gasteiger partial charge in [0.2, 0.25) is 0 Å². The summed E-state index contributed by atoms with van der Waals surface area (Å²) in [5, 5.41) is 3.42. The predicted octanol–water partition coefficient (Wildman–Crippen LogP) is 2.77. The first kappa shape index (κ1) is 13.0. The number of benzene rings is 1. The highest BCUT2D eigenvalue weighted by atomic mass is 79.9. The minimum atomic E-state index is -0.139. The van der Waals surface area contributed by atoms with Crippen LogP contribution in [0.5, 0.6) is 0 Å². The second-order valence-electron chi connectivity index (χ2n) is 4.84. The predicted molar refractivity (Wildman–Crippen MR) is 71.4 cm³/mol. The topological polar surface area (TPSA) is 15.3 Å². The van der Waals surface area contributed by atoms with Gasteiger partial charge in [-0.3, -0.25) is 0 Å². The quantitative estimate of drug-likeness (QED) is 0.923. The molecule has 1 saturated heterocycles. The fraction of sp³-hybridized carbons (Fsp3) is 0.538. The third-order valence-corrected chi connectivity index (χ3v) is 3.97. The van der Waals surface area contributed by atoms with Crippen LogP contribution in [-0.4, -0.2) is 30.6 Å². The third kappa shape index (κ3) is 3.27. The van der Waals surface area contributed by atoms with E-state index in [1.54, 1.807) is 6.07 Å². The molecule has 0 bridgehead atoms. The number of rotatable bonds is 3. The molecule has 2 nitrogen and oxygen atoms in total. The lowest BCUT2D eigenvalue weighted by Crippen LogP contribution is -2.31. The van der Waals surface area contributed by atoms with Crippen LogP contribution in [-0.2, 0) is 6.54 Å². The van der Waals surface area contributed by atoms with Crippen LogP contribution in [0.25, 0.3) is 0 Å². The van der Waals surface area contributed by atoms with E-state index in [9.17, 15) is 4.39 Å². The highest BCUT2D eigenvalue weighted by Crippen LogP contribution is 2.18. The molecule has 1 N–H and O–H groups in total. The molecule has 0 spiro atoms. The molecule has 94 valence electrons. The molecule has 1 aliphatic heterocycles. The van der Waals surface area contributed by atoms with Gasteiger partial charge in [-0.1, -0.05) is 15.9 Å². The van der Waals surface area contributed by atoms with Crippen molar-refractivity contribution in [3.8, 4) is 0 Å². The first-order valence-corrected chi connectivity index (χ1v) is 6.73. The van der Waals surface area contributed by atoms with Crippen LogP contribution < -0.4 is 5.32 Å². The molecule has 0 amide bonds. The minimum absolute atomic E-state index is 0.139. The zero-order valence-electron chi connectivity index (χ0n) is 10.2. The molecule has 1 aromatic carbocycles. The van der Waals surface area contributed by atoms with Crippen LogP contribution in [0.3, 0.4) is 0 Å². The van der Waals surface area contributed by atoms with Crippen LogP contribution >= 0.6 is 15.9 Å². The molecule has 2 rings (SSSR count). The van der Waals surface area contributed by atoms with Gasteiger partial charge in [-0.15, -0.1) is 0 Å². The monoisotopic (exact) mass is 300 g/mol. The summed E-state index contributed by atoms with van der Waals surface area (Å²) in [4.78, 5) is 2.33. The van der Waals surface area contributed by atoms with Crippen molar-refractivity contribution in [3.05, 3.63) is 34.1 Å². The van der Waals surface area contributed by atoms with Crippen LogP contribution in [0.1, 0.15) is 18.9 Å². The Morgan fingerprint density at radius 2 is 2.29 bits per heavy atom. The summed E-state index contributed by atoms with van der Waals surface area (Å²) in [6, 6.07) is 6.15. The van der Waals surface area contributed by atoms with E-state index in [0.717, 1.165) is 23.0 Å². The molecule has 0 radical (unpaired) electrons. The summed E-state index contributed by atoms with van der Waals surface area (Å²) >= 11 is 3.37. The van der Waals surface area contributed by atoms with Crippen LogP contribution in [0.4, 0.5) is 4.39 Å². The number of likely N-dealkylation sites (N-methyl/N-ethyl adjacent to an activating group) is 1. The zero-order valence-corrected chi connectivity index (χ0v) is 11.8. The van der Waals surface area contributed by atoms with E-state index in [-0.39, 0.29) is 5.82 Å². The van der Waals surface area contributed by atoms with Crippen molar-refractivity contribution in [1.29, 1.82) is 0 Å². The van der Waals surface area contributed by atoms with Gasteiger partial charge in [0.1, 0.15) is 5.82 Å². The molecule has 0 saturated carbocycles. The molecular formula is C13H18BrFN2. The van der Waals surface area contributed by atoms with Gasteiger partial charge in [-0.05, 0) is 38.6 Å². The van der Waals surface area contributed by atoms with E-state index in [0.29, 0.717) is 18.6 Å². The Balaban J connectivity index is 1.92. The Kier molecular flexibility index (Phi) is 4.17. The number of hydrogen-bond donors (Lipinski definition) is 1. The maximum absolute atomic E-state index is 13.5. The van der Waals surface area contributed by atoms with E-state index >= 15 is 0 Å². The van der Waals surface area contributed by atoms with Gasteiger partial charge in [-0.2, -0.15) is 0 Å². The van der Waals surface area contributed by atoms with E-state index < -0.39 is 0 Å². The Labute approximate surface area is 110 Å². The lowest BCUT2D eigenvalue weighted by molar-refractivity contribution is 0.326. The number of hydrogen-bond acceptors (Lipinski definition) is 2. The summed E-state index contributed by atoms with van der Waals surface area (Å²) < 4.78 is 14.4. The Morgan fingerprint density at radius 3 is 2.94 bits per heavy atom. The van der Waals surface area contributed by atoms with E-state index in [2.05, 4.69) is 40.1 Å². The fourth-order valence-electron chi connectivity index (χ4n) is 2.27. The Bertz CT molecular complexity index is 387. The van der Waals surface area contributed by atoms with Crippen LogP contribution in [0, 0.1) is 5.82 Å². The molecule has 0 aliphatic carbocycles. The highest BCUT2D eigenvalue weighted by Gasteiger charge is 2.25. The number of halogens is 2. The van der Waals surface area contributed by atoms with Crippen molar-refractivity contribution < 1.29 is 4.39 Å². The van der Waals surface area contributed by atoms with Gasteiger partial charge in [0.05, 0.1) is 0 Å². The first-order valence-electron chi connectivity index (χ1n) is 5.94. The maximum atomic E-state index is 13.5. The number of likely N-dealkylation sites (tertiary alicyclic amines) is 1. The molecule has 1 aliphatic rings. The van der Waals surface area contributed by atoms with Crippen molar-refractivity contribution in [3.63, 3.8) is 0 Å². The second-order valence-corrected chi connectivity index (χ2v) is 5.75. The van der Waals surface area contributed by atoms with Crippen molar-refractivity contribution in [2.45, 2.75) is 32.0 Å². The third-order valence-electron chi connectivity index (χ3n) is 3.48. The lowest BCUT2D eigenvalue weighted by Gasteiger charge is -2.13. The van der Waals surface area contributed by atoms with E-state index in [1.165, 1.54) is 6.07 Å². The molecule has 0 aromatic heterocycles. The standard InChI is InChI=1S/C13H18BrFN2/c1-9-5-12(8-17(9)2)16-7-10-6-11(14)3-4-13(10)15/h3-4,6,9,12,16H,5,7-8H2,1-2H3. The summed E-state index contributed by atoms with van der Waals surface area (Å²) in [6.45, 7) is 3.86. The van der Waals surface area contributed by atoms with Crippen molar-refractivity contribution >= 4 is 15.9 Å². The summed E-state index contributed by atoms with van der Waals surface area (Å²) in [5.74, 6) is -0.139. The van der Waals surface area contributed by atoms with E-state index in [4.69, 9.17) is 0 Å². The molecule has 1 aromatic rings. The lowest BCUT2D eigenvalue weighted by atomic mass is 10.1. The van der Waals surface area contributed by atoms with Gasteiger partial charge < -0.3 is 10.2 Å². The first-order chi connectivity index (χ1) is 8.06. The normalized spacial score (nSPS) is 25.4. The molecule has 1 fully saturated rings. The molecular weight excluding hydrogens is 283 g/mol. The molecule has 1 heterocycles. The molecule has 17 heavy (non-hydrogen) atoms. The zero-order chi connectivity index (χ0) is 12.4. The van der Waals surface area contributed by atoms with Gasteiger partial charge in [0, 0.05) is 35.2 Å². The van der Waals surface area contributed by atoms with Crippen molar-refractivity contribution in [2.24, 2.45) is 0 Å². The molecule has 2 atom stereocenters. The Morgan fingerprint density at radius 1 is 1.53 bits per heavy atom. The Hall–Kier alpha value is -0.450. The van der Waals surface area contributed by atoms with Gasteiger partial charge in [0.15, 0.2) is 0 Å². The fourth-order valence-corrected chi connectivity index (χ4v) is 2.68. The van der Waals surface area contributed by atoms with Gasteiger partial charge >= 0.3 is 0 Å². The maximum Gasteiger partial charge on any atom is 0.127 e. The highest BCUT2D eigenvalue weighted by molar-refractivity contribution is 9.10. The number of nitrogens with one attached hydrogen (secondary N) is 1. The molecule has 2 unspecified atom stereocenters. The summed E-state index contributed by atoms with van der Waals surface area (Å²) in [6.07, 6.45) is 1.13. The minimum Gasteiger partial charge on any atom is -0.308 e. The molecule has 4 heteroatoms. The summed E-state index contributed by atoms with van der Waals surface area (Å²) in [5.41, 5.74) is 0.724. The smallest absolute Gasteiger partial charge is 0.127 e. The van der Waals surface area contributed by atoms with Crippen LogP contribution in [0.2, 0.25) is 0 Å². The van der Waals surface area contributed by atoms with Crippen molar-refractivity contribution in [1.82, 2.24) is 10.2 Å².